The molecule has 0 aromatic heterocycles. The summed E-state index contributed by atoms with van der Waals surface area (Å²) in [6.07, 6.45) is 2.39. The molecule has 0 N–H and O–H groups in total. The summed E-state index contributed by atoms with van der Waals surface area (Å²) in [7, 11) is -1.20. The number of ether oxygens (including phenoxy) is 2. The van der Waals surface area contributed by atoms with Crippen molar-refractivity contribution in [3.05, 3.63) is 24.3 Å². The Bertz CT molecular complexity index is 402. The highest BCUT2D eigenvalue weighted by atomic mass is 28.3. The summed E-state index contributed by atoms with van der Waals surface area (Å²) in [4.78, 5) is 0. The van der Waals surface area contributed by atoms with E-state index < -0.39 is 8.07 Å². The molecule has 2 nitrogen and oxygen atoms in total. The lowest BCUT2D eigenvalue weighted by atomic mass is 9.82. The number of rotatable bonds is 6. The van der Waals surface area contributed by atoms with E-state index in [-0.39, 0.29) is 5.41 Å². The molecule has 2 rings (SSSR count). The van der Waals surface area contributed by atoms with Gasteiger partial charge in [-0.15, -0.1) is 0 Å². The van der Waals surface area contributed by atoms with Gasteiger partial charge in [0.05, 0.1) is 33.3 Å². The van der Waals surface area contributed by atoms with Gasteiger partial charge in [-0.25, -0.2) is 0 Å². The van der Waals surface area contributed by atoms with E-state index in [0.717, 1.165) is 25.6 Å². The normalized spacial score (nSPS) is 17.9. The van der Waals surface area contributed by atoms with Gasteiger partial charge in [0.2, 0.25) is 0 Å². The van der Waals surface area contributed by atoms with E-state index in [1.807, 2.05) is 0 Å². The fourth-order valence-electron chi connectivity index (χ4n) is 2.51. The van der Waals surface area contributed by atoms with Crippen LogP contribution < -0.4 is 9.92 Å². The van der Waals surface area contributed by atoms with Crippen LogP contribution in [0.1, 0.15) is 19.8 Å². The first kappa shape index (κ1) is 14.6. The minimum atomic E-state index is -1.20. The minimum Gasteiger partial charge on any atom is -0.493 e. The second kappa shape index (κ2) is 5.67. The molecule has 0 spiro atoms. The van der Waals surface area contributed by atoms with Crippen LogP contribution in [0.3, 0.4) is 0 Å². The summed E-state index contributed by atoms with van der Waals surface area (Å²) in [6.45, 7) is 11.8. The third kappa shape index (κ3) is 3.60. The molecule has 0 saturated carbocycles. The van der Waals surface area contributed by atoms with Gasteiger partial charge < -0.3 is 9.47 Å². The van der Waals surface area contributed by atoms with Gasteiger partial charge in [-0.3, -0.25) is 0 Å². The zero-order valence-electron chi connectivity index (χ0n) is 12.7. The van der Waals surface area contributed by atoms with Crippen LogP contribution >= 0.6 is 0 Å². The van der Waals surface area contributed by atoms with Crippen molar-refractivity contribution in [1.82, 2.24) is 0 Å². The van der Waals surface area contributed by atoms with Crippen LogP contribution in [0.4, 0.5) is 0 Å². The van der Waals surface area contributed by atoms with Gasteiger partial charge in [-0.2, -0.15) is 0 Å². The van der Waals surface area contributed by atoms with Crippen molar-refractivity contribution in [2.45, 2.75) is 39.4 Å². The molecule has 0 amide bonds. The number of benzene rings is 1. The fourth-order valence-corrected chi connectivity index (χ4v) is 3.68. The van der Waals surface area contributed by atoms with Crippen molar-refractivity contribution in [3.8, 4) is 5.75 Å². The second-order valence-electron chi connectivity index (χ2n) is 6.81. The smallest absolute Gasteiger partial charge is 0.119 e. The van der Waals surface area contributed by atoms with Gasteiger partial charge in [0.15, 0.2) is 0 Å². The van der Waals surface area contributed by atoms with E-state index in [1.165, 1.54) is 18.0 Å². The number of hydrogen-bond acceptors (Lipinski definition) is 2. The molecule has 106 valence electrons. The van der Waals surface area contributed by atoms with Crippen LogP contribution in [0.25, 0.3) is 0 Å². The van der Waals surface area contributed by atoms with Gasteiger partial charge in [0.1, 0.15) is 5.75 Å². The summed E-state index contributed by atoms with van der Waals surface area (Å²) in [5, 5.41) is 1.48. The quantitative estimate of drug-likeness (QED) is 0.742. The van der Waals surface area contributed by atoms with Gasteiger partial charge in [-0.1, -0.05) is 50.3 Å². The first-order chi connectivity index (χ1) is 8.95. The summed E-state index contributed by atoms with van der Waals surface area (Å²) < 4.78 is 11.3. The van der Waals surface area contributed by atoms with Gasteiger partial charge in [0.25, 0.3) is 0 Å². The lowest BCUT2D eigenvalue weighted by molar-refractivity contribution is -0.136. The largest absolute Gasteiger partial charge is 0.493 e. The molecule has 1 aliphatic rings. The Hall–Kier alpha value is -0.803. The van der Waals surface area contributed by atoms with E-state index in [0.29, 0.717) is 0 Å². The second-order valence-corrected chi connectivity index (χ2v) is 11.9. The van der Waals surface area contributed by atoms with Crippen molar-refractivity contribution < 1.29 is 9.47 Å². The van der Waals surface area contributed by atoms with E-state index in [4.69, 9.17) is 9.47 Å². The molecule has 3 heteroatoms. The molecule has 1 fully saturated rings. The lowest BCUT2D eigenvalue weighted by Gasteiger charge is -2.41. The highest BCUT2D eigenvalue weighted by Gasteiger charge is 2.38. The standard InChI is InChI=1S/C16H26O2Si/c1-5-10-16(11-17-12-16)13-18-14-6-8-15(9-7-14)19(2,3)4/h6-9H,5,10-13H2,1-4H3. The Morgan fingerprint density at radius 2 is 1.79 bits per heavy atom. The molecule has 1 heterocycles. The zero-order valence-corrected chi connectivity index (χ0v) is 13.7. The minimum absolute atomic E-state index is 0.270. The van der Waals surface area contributed by atoms with Crippen molar-refractivity contribution in [2.75, 3.05) is 19.8 Å². The Morgan fingerprint density at radius 1 is 1.16 bits per heavy atom. The third-order valence-electron chi connectivity index (χ3n) is 3.86. The summed E-state index contributed by atoms with van der Waals surface area (Å²) in [5.74, 6) is 0.990. The molecule has 0 atom stereocenters. The Balaban J connectivity index is 1.93. The van der Waals surface area contributed by atoms with Gasteiger partial charge >= 0.3 is 0 Å². The molecule has 1 aromatic rings. The molecule has 1 aromatic carbocycles. The topological polar surface area (TPSA) is 18.5 Å². The fraction of sp³-hybridized carbons (Fsp3) is 0.625. The molecular weight excluding hydrogens is 252 g/mol. The lowest BCUT2D eigenvalue weighted by Crippen LogP contribution is -2.47. The third-order valence-corrected chi connectivity index (χ3v) is 5.93. The molecule has 0 radical (unpaired) electrons. The monoisotopic (exact) mass is 278 g/mol. The molecule has 1 saturated heterocycles. The molecular formula is C16H26O2Si. The zero-order chi connectivity index (χ0) is 13.9. The summed E-state index contributed by atoms with van der Waals surface area (Å²) in [6, 6.07) is 8.69. The number of hydrogen-bond donors (Lipinski definition) is 0. The summed E-state index contributed by atoms with van der Waals surface area (Å²) in [5.41, 5.74) is 0.270. The van der Waals surface area contributed by atoms with E-state index in [1.54, 1.807) is 0 Å². The molecule has 1 aliphatic heterocycles. The molecule has 0 bridgehead atoms. The molecule has 0 unspecified atom stereocenters. The van der Waals surface area contributed by atoms with Crippen LogP contribution in [0.15, 0.2) is 24.3 Å². The average Bonchev–Trinajstić information content (AvgIpc) is 2.32. The Labute approximate surface area is 118 Å². The summed E-state index contributed by atoms with van der Waals surface area (Å²) >= 11 is 0. The van der Waals surface area contributed by atoms with Crippen molar-refractivity contribution in [2.24, 2.45) is 5.41 Å². The highest BCUT2D eigenvalue weighted by Crippen LogP contribution is 2.33. The maximum absolute atomic E-state index is 5.97. The van der Waals surface area contributed by atoms with Crippen molar-refractivity contribution in [3.63, 3.8) is 0 Å². The first-order valence-corrected chi connectivity index (χ1v) is 10.8. The SMILES string of the molecule is CCCC1(COc2ccc([Si](C)(C)C)cc2)COC1. The average molecular weight is 278 g/mol. The maximum Gasteiger partial charge on any atom is 0.119 e. The van der Waals surface area contributed by atoms with Gasteiger partial charge in [0, 0.05) is 0 Å². The predicted octanol–water partition coefficient (Wildman–Crippen LogP) is 3.43. The molecule has 0 aliphatic carbocycles. The van der Waals surface area contributed by atoms with Crippen LogP contribution in [-0.4, -0.2) is 27.9 Å². The van der Waals surface area contributed by atoms with E-state index in [2.05, 4.69) is 50.8 Å². The van der Waals surface area contributed by atoms with Crippen LogP contribution in [-0.2, 0) is 4.74 Å². The van der Waals surface area contributed by atoms with E-state index >= 15 is 0 Å². The first-order valence-electron chi connectivity index (χ1n) is 7.26. The van der Waals surface area contributed by atoms with Crippen molar-refractivity contribution in [1.29, 1.82) is 0 Å². The van der Waals surface area contributed by atoms with Crippen LogP contribution in [0.5, 0.6) is 5.75 Å². The highest BCUT2D eigenvalue weighted by molar-refractivity contribution is 6.88. The predicted molar refractivity (Wildman–Crippen MR) is 83.1 cm³/mol. The Kier molecular flexibility index (Phi) is 4.36. The maximum atomic E-state index is 5.97. The van der Waals surface area contributed by atoms with Gasteiger partial charge in [-0.05, 0) is 18.6 Å². The van der Waals surface area contributed by atoms with Crippen LogP contribution in [0.2, 0.25) is 19.6 Å². The van der Waals surface area contributed by atoms with Crippen LogP contribution in [0, 0.1) is 5.41 Å². The Morgan fingerprint density at radius 3 is 2.21 bits per heavy atom. The van der Waals surface area contributed by atoms with E-state index in [9.17, 15) is 0 Å². The molecule has 19 heavy (non-hydrogen) atoms. The van der Waals surface area contributed by atoms with Crippen molar-refractivity contribution >= 4 is 13.3 Å².